The Morgan fingerprint density at radius 3 is 2.74 bits per heavy atom. The number of fused-ring (bicyclic) bond motifs is 1. The number of aliphatic hydroxyl groups is 1. The lowest BCUT2D eigenvalue weighted by molar-refractivity contribution is 0.0706. The van der Waals surface area contributed by atoms with E-state index >= 15 is 0 Å². The summed E-state index contributed by atoms with van der Waals surface area (Å²) in [6, 6.07) is 10.6. The van der Waals surface area contributed by atoms with Crippen LogP contribution in [-0.4, -0.2) is 49.5 Å². The van der Waals surface area contributed by atoms with E-state index in [2.05, 4.69) is 10.2 Å². The Bertz CT molecular complexity index is 1030. The van der Waals surface area contributed by atoms with Crippen molar-refractivity contribution in [3.8, 4) is 22.8 Å². The Hall–Kier alpha value is -3.03. The number of rotatable bonds is 4. The van der Waals surface area contributed by atoms with Gasteiger partial charge in [0.25, 0.3) is 5.91 Å². The fourth-order valence-electron chi connectivity index (χ4n) is 3.48. The van der Waals surface area contributed by atoms with Crippen molar-refractivity contribution in [1.29, 1.82) is 0 Å². The predicted octanol–water partition coefficient (Wildman–Crippen LogP) is 2.68. The van der Waals surface area contributed by atoms with Crippen LogP contribution < -0.4 is 0 Å². The molecule has 2 aromatic carbocycles. The third-order valence-electron chi connectivity index (χ3n) is 4.60. The first kappa shape index (κ1) is 17.4. The molecule has 3 aromatic rings. The van der Waals surface area contributed by atoms with E-state index in [1.807, 2.05) is 0 Å². The number of carbonyl (C=O) groups is 1. The summed E-state index contributed by atoms with van der Waals surface area (Å²) in [6.07, 6.45) is 0. The van der Waals surface area contributed by atoms with Crippen LogP contribution in [-0.2, 0) is 0 Å². The molecule has 0 bridgehead atoms. The quantitative estimate of drug-likeness (QED) is 0.552. The third kappa shape index (κ3) is 2.81. The number of amides is 1. The second-order valence-corrected chi connectivity index (χ2v) is 6.68. The number of carbonyl (C=O) groups excluding carboxylic acids is 1. The van der Waals surface area contributed by atoms with Gasteiger partial charge in [-0.1, -0.05) is 23.7 Å². The summed E-state index contributed by atoms with van der Waals surface area (Å²) < 4.78 is 0. The second-order valence-electron chi connectivity index (χ2n) is 6.24. The lowest BCUT2D eigenvalue weighted by Gasteiger charge is -2.25. The van der Waals surface area contributed by atoms with E-state index in [-0.39, 0.29) is 36.3 Å². The molecule has 1 amide bonds. The average molecular weight is 386 g/mol. The Kier molecular flexibility index (Phi) is 4.25. The minimum absolute atomic E-state index is 0.0172. The summed E-state index contributed by atoms with van der Waals surface area (Å²) in [5.41, 5.74) is 2.30. The molecule has 1 aromatic heterocycles. The normalized spacial score (nSPS) is 16.0. The van der Waals surface area contributed by atoms with Crippen LogP contribution >= 0.6 is 11.6 Å². The molecule has 0 radical (unpaired) electrons. The molecule has 1 unspecified atom stereocenters. The summed E-state index contributed by atoms with van der Waals surface area (Å²) in [4.78, 5) is 14.3. The number of nitrogens with zero attached hydrogens (tertiary/aromatic N) is 2. The fraction of sp³-hybridized carbons (Fsp3) is 0.158. The lowest BCUT2D eigenvalue weighted by Crippen LogP contribution is -2.32. The van der Waals surface area contributed by atoms with Gasteiger partial charge in [-0.2, -0.15) is 5.10 Å². The minimum atomic E-state index is -0.570. The molecule has 0 saturated heterocycles. The minimum Gasteiger partial charge on any atom is -0.508 e. The van der Waals surface area contributed by atoms with Gasteiger partial charge < -0.3 is 20.2 Å². The highest BCUT2D eigenvalue weighted by Gasteiger charge is 2.42. The van der Waals surface area contributed by atoms with Gasteiger partial charge in [0.1, 0.15) is 22.9 Å². The molecule has 8 heteroatoms. The summed E-state index contributed by atoms with van der Waals surface area (Å²) in [5.74, 6) is -0.267. The Labute approximate surface area is 159 Å². The van der Waals surface area contributed by atoms with Crippen molar-refractivity contribution in [2.24, 2.45) is 0 Å². The number of aliphatic hydroxyl groups excluding tert-OH is 1. The van der Waals surface area contributed by atoms with Crippen LogP contribution in [0.3, 0.4) is 0 Å². The van der Waals surface area contributed by atoms with E-state index < -0.39 is 6.04 Å². The lowest BCUT2D eigenvalue weighted by atomic mass is 9.95. The van der Waals surface area contributed by atoms with Gasteiger partial charge in [-0.3, -0.25) is 9.89 Å². The summed E-state index contributed by atoms with van der Waals surface area (Å²) in [5, 5.41) is 37.0. The Morgan fingerprint density at radius 2 is 2.00 bits per heavy atom. The van der Waals surface area contributed by atoms with E-state index in [1.165, 1.54) is 17.0 Å². The molecular formula is C19H16ClN3O4. The molecule has 0 spiro atoms. The number of halogens is 1. The monoisotopic (exact) mass is 385 g/mol. The zero-order valence-corrected chi connectivity index (χ0v) is 14.8. The first-order valence-electron chi connectivity index (χ1n) is 8.29. The van der Waals surface area contributed by atoms with Crippen LogP contribution in [0.2, 0.25) is 5.02 Å². The predicted molar refractivity (Wildman–Crippen MR) is 98.8 cm³/mol. The van der Waals surface area contributed by atoms with Crippen molar-refractivity contribution in [3.05, 3.63) is 64.3 Å². The second kappa shape index (κ2) is 6.61. The standard InChI is InChI=1S/C19H16ClN3O4/c20-11-4-5-14(26)13(9-11)16-15-17(22-21-16)19(27)23(6-7-24)18(15)10-2-1-3-12(25)8-10/h1-5,8-9,18,24-26H,6-7H2,(H,21,22). The first-order valence-corrected chi connectivity index (χ1v) is 8.67. The van der Waals surface area contributed by atoms with Gasteiger partial charge in [0.15, 0.2) is 0 Å². The molecule has 2 heterocycles. The smallest absolute Gasteiger partial charge is 0.273 e. The van der Waals surface area contributed by atoms with Crippen LogP contribution in [0, 0.1) is 0 Å². The van der Waals surface area contributed by atoms with Crippen molar-refractivity contribution in [2.45, 2.75) is 6.04 Å². The molecule has 1 atom stereocenters. The van der Waals surface area contributed by atoms with Gasteiger partial charge in [-0.25, -0.2) is 0 Å². The third-order valence-corrected chi connectivity index (χ3v) is 4.84. The summed E-state index contributed by atoms with van der Waals surface area (Å²) in [7, 11) is 0. The van der Waals surface area contributed by atoms with Crippen molar-refractivity contribution in [1.82, 2.24) is 15.1 Å². The highest BCUT2D eigenvalue weighted by atomic mass is 35.5. The van der Waals surface area contributed by atoms with E-state index in [0.29, 0.717) is 27.4 Å². The van der Waals surface area contributed by atoms with Gasteiger partial charge in [0.2, 0.25) is 0 Å². The number of aromatic hydroxyl groups is 2. The number of nitrogens with one attached hydrogen (secondary N) is 1. The largest absolute Gasteiger partial charge is 0.508 e. The number of hydrogen-bond donors (Lipinski definition) is 4. The maximum absolute atomic E-state index is 12.8. The first-order chi connectivity index (χ1) is 13.0. The van der Waals surface area contributed by atoms with E-state index in [4.69, 9.17) is 11.6 Å². The van der Waals surface area contributed by atoms with E-state index in [9.17, 15) is 20.1 Å². The maximum Gasteiger partial charge on any atom is 0.273 e. The maximum atomic E-state index is 12.8. The van der Waals surface area contributed by atoms with Crippen molar-refractivity contribution in [3.63, 3.8) is 0 Å². The summed E-state index contributed by atoms with van der Waals surface area (Å²) >= 11 is 6.07. The zero-order chi connectivity index (χ0) is 19.1. The van der Waals surface area contributed by atoms with Gasteiger partial charge in [-0.15, -0.1) is 0 Å². The highest BCUT2D eigenvalue weighted by molar-refractivity contribution is 6.31. The zero-order valence-electron chi connectivity index (χ0n) is 14.1. The van der Waals surface area contributed by atoms with Crippen molar-refractivity contribution >= 4 is 17.5 Å². The summed E-state index contributed by atoms with van der Waals surface area (Å²) in [6.45, 7) is -0.0981. The van der Waals surface area contributed by atoms with Crippen LogP contribution in [0.5, 0.6) is 11.5 Å². The Balaban J connectivity index is 1.94. The van der Waals surface area contributed by atoms with E-state index in [0.717, 1.165) is 0 Å². The number of β-amino-alcohol motifs (C(OH)–C–C–N with tert-alkyl or cyclic N) is 1. The molecule has 138 valence electrons. The molecule has 1 aliphatic rings. The average Bonchev–Trinajstić information content (AvgIpc) is 3.17. The molecule has 0 aliphatic carbocycles. The fourth-order valence-corrected chi connectivity index (χ4v) is 3.65. The van der Waals surface area contributed by atoms with Gasteiger partial charge >= 0.3 is 0 Å². The number of phenolic OH excluding ortho intramolecular Hbond substituents is 2. The van der Waals surface area contributed by atoms with Crippen LogP contribution in [0.15, 0.2) is 42.5 Å². The number of phenols is 2. The molecule has 1 aliphatic heterocycles. The Morgan fingerprint density at radius 1 is 1.19 bits per heavy atom. The van der Waals surface area contributed by atoms with Crippen LogP contribution in [0.25, 0.3) is 11.3 Å². The highest BCUT2D eigenvalue weighted by Crippen LogP contribution is 2.45. The SMILES string of the molecule is O=C1c2[nH]nc(-c3cc(Cl)ccc3O)c2C(c2cccc(O)c2)N1CCO. The number of benzene rings is 2. The van der Waals surface area contributed by atoms with Crippen LogP contribution in [0.1, 0.15) is 27.7 Å². The van der Waals surface area contributed by atoms with Gasteiger partial charge in [0, 0.05) is 22.7 Å². The van der Waals surface area contributed by atoms with Crippen molar-refractivity contribution in [2.75, 3.05) is 13.2 Å². The van der Waals surface area contributed by atoms with E-state index in [1.54, 1.807) is 30.3 Å². The molecule has 0 fully saturated rings. The molecule has 7 nitrogen and oxygen atoms in total. The number of aromatic nitrogens is 2. The number of hydrogen-bond acceptors (Lipinski definition) is 5. The molecule has 4 N–H and O–H groups in total. The number of H-pyrrole nitrogens is 1. The van der Waals surface area contributed by atoms with Crippen molar-refractivity contribution < 1.29 is 20.1 Å². The molecule has 4 rings (SSSR count). The molecular weight excluding hydrogens is 370 g/mol. The van der Waals surface area contributed by atoms with Crippen LogP contribution in [0.4, 0.5) is 0 Å². The van der Waals surface area contributed by atoms with Gasteiger partial charge in [-0.05, 0) is 35.9 Å². The molecule has 27 heavy (non-hydrogen) atoms. The topological polar surface area (TPSA) is 110 Å². The molecule has 0 saturated carbocycles. The van der Waals surface area contributed by atoms with Gasteiger partial charge in [0.05, 0.1) is 12.6 Å². The number of aromatic amines is 1.